The Morgan fingerprint density at radius 3 is 2.60 bits per heavy atom. The minimum Gasteiger partial charge on any atom is -0.497 e. The van der Waals surface area contributed by atoms with E-state index in [-0.39, 0.29) is 12.5 Å². The summed E-state index contributed by atoms with van der Waals surface area (Å²) in [6.45, 7) is 2.29. The highest BCUT2D eigenvalue weighted by atomic mass is 32.2. The van der Waals surface area contributed by atoms with Gasteiger partial charge in [-0.2, -0.15) is 11.8 Å². The standard InChI is InChI=1S/C14H22N2O3S/c1-14(18,10-20-3)9-15-8-13(17)16-11-4-6-12(19-2)7-5-11/h4-7,15,18H,8-10H2,1-3H3,(H,16,17). The minimum atomic E-state index is -0.806. The zero-order valence-corrected chi connectivity index (χ0v) is 12.9. The Balaban J connectivity index is 2.32. The van der Waals surface area contributed by atoms with Gasteiger partial charge in [0.15, 0.2) is 0 Å². The summed E-state index contributed by atoms with van der Waals surface area (Å²) in [5, 5.41) is 15.7. The third-order valence-electron chi connectivity index (χ3n) is 2.62. The molecule has 1 atom stereocenters. The number of amides is 1. The van der Waals surface area contributed by atoms with Crippen molar-refractivity contribution in [3.63, 3.8) is 0 Å². The summed E-state index contributed by atoms with van der Waals surface area (Å²) in [4.78, 5) is 11.7. The van der Waals surface area contributed by atoms with Crippen molar-refractivity contribution in [2.24, 2.45) is 0 Å². The molecular weight excluding hydrogens is 276 g/mol. The fraction of sp³-hybridized carbons (Fsp3) is 0.500. The summed E-state index contributed by atoms with van der Waals surface area (Å²) in [6, 6.07) is 7.12. The van der Waals surface area contributed by atoms with Crippen molar-refractivity contribution in [3.8, 4) is 5.75 Å². The molecule has 1 aromatic rings. The molecule has 0 radical (unpaired) electrons. The van der Waals surface area contributed by atoms with Gasteiger partial charge in [-0.3, -0.25) is 4.79 Å². The van der Waals surface area contributed by atoms with Crippen LogP contribution in [-0.4, -0.2) is 48.8 Å². The number of ether oxygens (including phenoxy) is 1. The molecule has 0 heterocycles. The molecule has 20 heavy (non-hydrogen) atoms. The number of hydrogen-bond acceptors (Lipinski definition) is 5. The molecule has 1 aromatic carbocycles. The Morgan fingerprint density at radius 1 is 1.40 bits per heavy atom. The number of methoxy groups -OCH3 is 1. The van der Waals surface area contributed by atoms with Crippen LogP contribution in [-0.2, 0) is 4.79 Å². The van der Waals surface area contributed by atoms with E-state index in [2.05, 4.69) is 10.6 Å². The van der Waals surface area contributed by atoms with Gasteiger partial charge in [0.1, 0.15) is 5.75 Å². The largest absolute Gasteiger partial charge is 0.497 e. The number of aliphatic hydroxyl groups is 1. The zero-order chi connectivity index (χ0) is 15.0. The molecule has 6 heteroatoms. The van der Waals surface area contributed by atoms with E-state index in [9.17, 15) is 9.90 Å². The van der Waals surface area contributed by atoms with Crippen LogP contribution in [0.5, 0.6) is 5.75 Å². The fourth-order valence-corrected chi connectivity index (χ4v) is 2.41. The van der Waals surface area contributed by atoms with E-state index in [1.165, 1.54) is 0 Å². The second-order valence-corrected chi connectivity index (χ2v) is 5.68. The number of carbonyl (C=O) groups is 1. The Bertz CT molecular complexity index is 421. The topological polar surface area (TPSA) is 70.6 Å². The third-order valence-corrected chi connectivity index (χ3v) is 3.53. The second kappa shape index (κ2) is 8.14. The van der Waals surface area contributed by atoms with Crippen LogP contribution in [0.3, 0.4) is 0 Å². The van der Waals surface area contributed by atoms with Crippen LogP contribution in [0.15, 0.2) is 24.3 Å². The molecule has 1 amide bonds. The predicted octanol–water partition coefficient (Wildman–Crippen LogP) is 1.34. The summed E-state index contributed by atoms with van der Waals surface area (Å²) in [5.41, 5.74) is -0.0896. The molecule has 112 valence electrons. The maximum Gasteiger partial charge on any atom is 0.238 e. The lowest BCUT2D eigenvalue weighted by molar-refractivity contribution is -0.115. The van der Waals surface area contributed by atoms with Gasteiger partial charge >= 0.3 is 0 Å². The molecule has 0 saturated carbocycles. The number of carbonyl (C=O) groups excluding carboxylic acids is 1. The number of nitrogens with one attached hydrogen (secondary N) is 2. The zero-order valence-electron chi connectivity index (χ0n) is 12.1. The highest BCUT2D eigenvalue weighted by Crippen LogP contribution is 2.14. The van der Waals surface area contributed by atoms with Crippen LogP contribution in [0, 0.1) is 0 Å². The monoisotopic (exact) mass is 298 g/mol. The average Bonchev–Trinajstić information content (AvgIpc) is 2.39. The van der Waals surface area contributed by atoms with Crippen molar-refractivity contribution in [2.75, 3.05) is 37.5 Å². The first-order valence-electron chi connectivity index (χ1n) is 6.33. The number of anilines is 1. The Morgan fingerprint density at radius 2 is 2.05 bits per heavy atom. The van der Waals surface area contributed by atoms with Crippen molar-refractivity contribution >= 4 is 23.4 Å². The molecule has 1 unspecified atom stereocenters. The first-order chi connectivity index (χ1) is 9.46. The van der Waals surface area contributed by atoms with Gasteiger partial charge in [-0.1, -0.05) is 0 Å². The quantitative estimate of drug-likeness (QED) is 0.675. The van der Waals surface area contributed by atoms with Gasteiger partial charge in [0.2, 0.25) is 5.91 Å². The molecule has 3 N–H and O–H groups in total. The summed E-state index contributed by atoms with van der Waals surface area (Å²) < 4.78 is 5.04. The molecule has 0 fully saturated rings. The number of benzene rings is 1. The van der Waals surface area contributed by atoms with Crippen molar-refractivity contribution in [1.82, 2.24) is 5.32 Å². The molecule has 0 aliphatic rings. The van der Waals surface area contributed by atoms with Gasteiger partial charge in [-0.15, -0.1) is 0 Å². The number of thioether (sulfide) groups is 1. The van der Waals surface area contributed by atoms with Crippen LogP contribution in [0.4, 0.5) is 5.69 Å². The van der Waals surface area contributed by atoms with Crippen molar-refractivity contribution in [3.05, 3.63) is 24.3 Å². The van der Waals surface area contributed by atoms with Crippen molar-refractivity contribution in [1.29, 1.82) is 0 Å². The highest BCUT2D eigenvalue weighted by Gasteiger charge is 2.19. The fourth-order valence-electron chi connectivity index (χ4n) is 1.69. The first kappa shape index (κ1) is 16.8. The maximum atomic E-state index is 11.7. The molecule has 0 saturated heterocycles. The van der Waals surface area contributed by atoms with Gasteiger partial charge in [0.05, 0.1) is 19.3 Å². The van der Waals surface area contributed by atoms with Crippen LogP contribution < -0.4 is 15.4 Å². The second-order valence-electron chi connectivity index (χ2n) is 4.81. The smallest absolute Gasteiger partial charge is 0.238 e. The van der Waals surface area contributed by atoms with Crippen LogP contribution in [0.25, 0.3) is 0 Å². The molecule has 5 nitrogen and oxygen atoms in total. The molecule has 0 aliphatic carbocycles. The molecule has 0 aliphatic heterocycles. The SMILES string of the molecule is COc1ccc(NC(=O)CNCC(C)(O)CSC)cc1. The summed E-state index contributed by atoms with van der Waals surface area (Å²) >= 11 is 1.57. The highest BCUT2D eigenvalue weighted by molar-refractivity contribution is 7.98. The average molecular weight is 298 g/mol. The Kier molecular flexibility index (Phi) is 6.84. The van der Waals surface area contributed by atoms with E-state index < -0.39 is 5.60 Å². The lowest BCUT2D eigenvalue weighted by Gasteiger charge is -2.22. The maximum absolute atomic E-state index is 11.7. The first-order valence-corrected chi connectivity index (χ1v) is 7.72. The summed E-state index contributed by atoms with van der Waals surface area (Å²) in [6.07, 6.45) is 1.94. The van der Waals surface area contributed by atoms with Gasteiger partial charge in [0.25, 0.3) is 0 Å². The predicted molar refractivity (Wildman–Crippen MR) is 83.5 cm³/mol. The van der Waals surface area contributed by atoms with E-state index in [1.807, 2.05) is 6.26 Å². The Hall–Kier alpha value is -1.24. The minimum absolute atomic E-state index is 0.143. The van der Waals surface area contributed by atoms with Crippen LogP contribution >= 0.6 is 11.8 Å². The molecule has 0 bridgehead atoms. The number of rotatable bonds is 8. The van der Waals surface area contributed by atoms with E-state index in [1.54, 1.807) is 50.1 Å². The molecule has 0 spiro atoms. The van der Waals surface area contributed by atoms with Gasteiger partial charge in [-0.05, 0) is 37.4 Å². The molecular formula is C14H22N2O3S. The van der Waals surface area contributed by atoms with E-state index in [0.29, 0.717) is 18.0 Å². The van der Waals surface area contributed by atoms with E-state index >= 15 is 0 Å². The molecule has 1 rings (SSSR count). The van der Waals surface area contributed by atoms with Gasteiger partial charge in [0, 0.05) is 18.0 Å². The van der Waals surface area contributed by atoms with Crippen LogP contribution in [0.2, 0.25) is 0 Å². The van der Waals surface area contributed by atoms with Crippen LogP contribution in [0.1, 0.15) is 6.92 Å². The lowest BCUT2D eigenvalue weighted by Crippen LogP contribution is -2.42. The van der Waals surface area contributed by atoms with Gasteiger partial charge in [-0.25, -0.2) is 0 Å². The summed E-state index contributed by atoms with van der Waals surface area (Å²) in [7, 11) is 1.60. The van der Waals surface area contributed by atoms with E-state index in [0.717, 1.165) is 5.75 Å². The molecule has 0 aromatic heterocycles. The third kappa shape index (κ3) is 6.27. The number of hydrogen-bond donors (Lipinski definition) is 3. The summed E-state index contributed by atoms with van der Waals surface area (Å²) in [5.74, 6) is 1.23. The van der Waals surface area contributed by atoms with E-state index in [4.69, 9.17) is 4.74 Å². The van der Waals surface area contributed by atoms with Crippen molar-refractivity contribution < 1.29 is 14.6 Å². The normalized spacial score (nSPS) is 13.6. The Labute approximate surface area is 124 Å². The lowest BCUT2D eigenvalue weighted by atomic mass is 10.1. The van der Waals surface area contributed by atoms with Gasteiger partial charge < -0.3 is 20.5 Å². The van der Waals surface area contributed by atoms with Crippen molar-refractivity contribution in [2.45, 2.75) is 12.5 Å².